The fourth-order valence-corrected chi connectivity index (χ4v) is 3.27. The lowest BCUT2D eigenvalue weighted by Crippen LogP contribution is -2.32. The summed E-state index contributed by atoms with van der Waals surface area (Å²) in [7, 11) is 0. The van der Waals surface area contributed by atoms with Gasteiger partial charge in [-0.15, -0.1) is 0 Å². The molecule has 1 N–H and O–H groups in total. The Balaban J connectivity index is 1.95. The van der Waals surface area contributed by atoms with Gasteiger partial charge in [-0.2, -0.15) is 0 Å². The van der Waals surface area contributed by atoms with Gasteiger partial charge in [0.1, 0.15) is 10.7 Å². The maximum absolute atomic E-state index is 12.7. The Labute approximate surface area is 167 Å². The van der Waals surface area contributed by atoms with E-state index in [1.54, 1.807) is 12.1 Å². The molecule has 0 spiro atoms. The van der Waals surface area contributed by atoms with Crippen molar-refractivity contribution in [3.63, 3.8) is 0 Å². The van der Waals surface area contributed by atoms with Gasteiger partial charge >= 0.3 is 0 Å². The second-order valence-electron chi connectivity index (χ2n) is 5.02. The number of hydrogen-bond acceptors (Lipinski definition) is 3. The van der Waals surface area contributed by atoms with Crippen molar-refractivity contribution in [2.75, 3.05) is 10.2 Å². The number of rotatable bonds is 3. The van der Waals surface area contributed by atoms with Crippen LogP contribution in [0, 0.1) is 0 Å². The molecule has 0 unspecified atom stereocenters. The zero-order valence-corrected chi connectivity index (χ0v) is 15.9. The molecule has 0 fully saturated rings. The standard InChI is InChI=1S/C16H7Cl5N2O2/c17-7-3-8(18)5-9(4-7)22-14-13(21)15(24)23(16(14)25)10-1-2-11(19)12(20)6-10/h1-6,22H. The van der Waals surface area contributed by atoms with Crippen LogP contribution in [-0.4, -0.2) is 11.8 Å². The molecule has 2 aromatic carbocycles. The predicted molar refractivity (Wildman–Crippen MR) is 102 cm³/mol. The van der Waals surface area contributed by atoms with Gasteiger partial charge in [0.05, 0.1) is 15.7 Å². The monoisotopic (exact) mass is 434 g/mol. The molecule has 3 rings (SSSR count). The Morgan fingerprint density at radius 1 is 0.760 bits per heavy atom. The number of nitrogens with zero attached hydrogens (tertiary/aromatic N) is 1. The predicted octanol–water partition coefficient (Wildman–Crippen LogP) is 5.74. The Morgan fingerprint density at radius 2 is 1.40 bits per heavy atom. The molecule has 1 heterocycles. The van der Waals surface area contributed by atoms with Crippen LogP contribution in [0.2, 0.25) is 20.1 Å². The van der Waals surface area contributed by atoms with E-state index in [1.165, 1.54) is 24.3 Å². The molecule has 0 atom stereocenters. The van der Waals surface area contributed by atoms with E-state index >= 15 is 0 Å². The molecular formula is C16H7Cl5N2O2. The van der Waals surface area contributed by atoms with E-state index in [2.05, 4.69) is 5.32 Å². The van der Waals surface area contributed by atoms with Gasteiger partial charge in [-0.1, -0.05) is 58.0 Å². The molecule has 1 aliphatic rings. The summed E-state index contributed by atoms with van der Waals surface area (Å²) in [6, 6.07) is 9.01. The number of carbonyl (C=O) groups is 2. The third-order valence-electron chi connectivity index (χ3n) is 3.32. The van der Waals surface area contributed by atoms with Gasteiger partial charge < -0.3 is 5.32 Å². The summed E-state index contributed by atoms with van der Waals surface area (Å²) in [5.74, 6) is -1.31. The largest absolute Gasteiger partial charge is 0.350 e. The summed E-state index contributed by atoms with van der Waals surface area (Å²) < 4.78 is 0. The molecule has 2 amide bonds. The highest BCUT2D eigenvalue weighted by Gasteiger charge is 2.39. The Kier molecular flexibility index (Phi) is 5.19. The summed E-state index contributed by atoms with van der Waals surface area (Å²) in [6.45, 7) is 0. The van der Waals surface area contributed by atoms with Crippen LogP contribution in [0.25, 0.3) is 0 Å². The number of hydrogen-bond donors (Lipinski definition) is 1. The molecular weight excluding hydrogens is 429 g/mol. The molecule has 1 aliphatic heterocycles. The number of nitrogens with one attached hydrogen (secondary N) is 1. The van der Waals surface area contributed by atoms with Crippen LogP contribution in [0.5, 0.6) is 0 Å². The van der Waals surface area contributed by atoms with Crippen LogP contribution < -0.4 is 10.2 Å². The second-order valence-corrected chi connectivity index (χ2v) is 7.08. The minimum absolute atomic E-state index is 0.0870. The fraction of sp³-hybridized carbons (Fsp3) is 0. The van der Waals surface area contributed by atoms with E-state index in [-0.39, 0.29) is 21.4 Å². The SMILES string of the molecule is O=C1C(Cl)=C(Nc2cc(Cl)cc(Cl)c2)C(=O)N1c1ccc(Cl)c(Cl)c1. The highest BCUT2D eigenvalue weighted by molar-refractivity contribution is 6.53. The van der Waals surface area contributed by atoms with Crippen molar-refractivity contribution in [3.8, 4) is 0 Å². The normalized spacial score (nSPS) is 14.5. The second kappa shape index (κ2) is 7.06. The van der Waals surface area contributed by atoms with Crippen molar-refractivity contribution >= 4 is 81.2 Å². The zero-order valence-electron chi connectivity index (χ0n) is 12.1. The van der Waals surface area contributed by atoms with Crippen LogP contribution in [0.15, 0.2) is 47.1 Å². The first-order valence-corrected chi connectivity index (χ1v) is 8.63. The first-order valence-electron chi connectivity index (χ1n) is 6.74. The number of benzene rings is 2. The first kappa shape index (κ1) is 18.4. The molecule has 2 aromatic rings. The van der Waals surface area contributed by atoms with Gasteiger partial charge in [-0.05, 0) is 36.4 Å². The quantitative estimate of drug-likeness (QED) is 0.625. The number of halogens is 5. The van der Waals surface area contributed by atoms with Gasteiger partial charge in [0.15, 0.2) is 0 Å². The van der Waals surface area contributed by atoms with Crippen molar-refractivity contribution in [1.29, 1.82) is 0 Å². The van der Waals surface area contributed by atoms with Crippen LogP contribution in [0.4, 0.5) is 11.4 Å². The smallest absolute Gasteiger partial charge is 0.283 e. The molecule has 4 nitrogen and oxygen atoms in total. The maximum atomic E-state index is 12.7. The summed E-state index contributed by atoms with van der Waals surface area (Å²) in [4.78, 5) is 26.0. The molecule has 0 radical (unpaired) electrons. The van der Waals surface area contributed by atoms with E-state index in [1.807, 2.05) is 0 Å². The Bertz CT molecular complexity index is 922. The Hall–Kier alpha value is -1.43. The lowest BCUT2D eigenvalue weighted by atomic mass is 10.3. The summed E-state index contributed by atoms with van der Waals surface area (Å²) in [6.07, 6.45) is 0. The van der Waals surface area contributed by atoms with Crippen molar-refractivity contribution < 1.29 is 9.59 Å². The molecule has 128 valence electrons. The first-order chi connectivity index (χ1) is 11.8. The molecule has 0 saturated heterocycles. The minimum atomic E-state index is -0.680. The van der Waals surface area contributed by atoms with Gasteiger partial charge in [0.25, 0.3) is 11.8 Å². The lowest BCUT2D eigenvalue weighted by molar-refractivity contribution is -0.120. The molecule has 0 bridgehead atoms. The average molecular weight is 437 g/mol. The number of amides is 2. The molecule has 9 heteroatoms. The molecule has 0 aromatic heterocycles. The maximum Gasteiger partial charge on any atom is 0.283 e. The van der Waals surface area contributed by atoms with Gasteiger partial charge in [0, 0.05) is 15.7 Å². The highest BCUT2D eigenvalue weighted by atomic mass is 35.5. The highest BCUT2D eigenvalue weighted by Crippen LogP contribution is 2.34. The molecule has 25 heavy (non-hydrogen) atoms. The third kappa shape index (κ3) is 3.59. The van der Waals surface area contributed by atoms with E-state index in [4.69, 9.17) is 58.0 Å². The molecule has 0 aliphatic carbocycles. The zero-order chi connectivity index (χ0) is 18.3. The topological polar surface area (TPSA) is 49.4 Å². The summed E-state index contributed by atoms with van der Waals surface area (Å²) >= 11 is 29.7. The lowest BCUT2D eigenvalue weighted by Gasteiger charge is -2.15. The van der Waals surface area contributed by atoms with Crippen LogP contribution in [0.3, 0.4) is 0 Å². The van der Waals surface area contributed by atoms with Crippen molar-refractivity contribution in [1.82, 2.24) is 0 Å². The van der Waals surface area contributed by atoms with Crippen LogP contribution in [0.1, 0.15) is 0 Å². The number of anilines is 2. The minimum Gasteiger partial charge on any atom is -0.350 e. The average Bonchev–Trinajstić information content (AvgIpc) is 2.73. The van der Waals surface area contributed by atoms with Gasteiger partial charge in [0.2, 0.25) is 0 Å². The van der Waals surface area contributed by atoms with E-state index in [0.29, 0.717) is 20.8 Å². The third-order valence-corrected chi connectivity index (χ3v) is 4.85. The number of imide groups is 1. The van der Waals surface area contributed by atoms with Crippen molar-refractivity contribution in [3.05, 3.63) is 67.2 Å². The fourth-order valence-electron chi connectivity index (χ4n) is 2.24. The summed E-state index contributed by atoms with van der Waals surface area (Å²) in [5.41, 5.74) is 0.585. The van der Waals surface area contributed by atoms with E-state index < -0.39 is 11.8 Å². The van der Waals surface area contributed by atoms with Crippen LogP contribution in [-0.2, 0) is 9.59 Å². The van der Waals surface area contributed by atoms with E-state index in [9.17, 15) is 9.59 Å². The Morgan fingerprint density at radius 3 is 2.00 bits per heavy atom. The van der Waals surface area contributed by atoms with Crippen LogP contribution >= 0.6 is 58.0 Å². The summed E-state index contributed by atoms with van der Waals surface area (Å²) in [5, 5.41) is 3.77. The van der Waals surface area contributed by atoms with Crippen molar-refractivity contribution in [2.24, 2.45) is 0 Å². The molecule has 0 saturated carbocycles. The van der Waals surface area contributed by atoms with E-state index in [0.717, 1.165) is 4.90 Å². The number of carbonyl (C=O) groups excluding carboxylic acids is 2. The van der Waals surface area contributed by atoms with Crippen molar-refractivity contribution in [2.45, 2.75) is 0 Å². The van der Waals surface area contributed by atoms with Gasteiger partial charge in [-0.25, -0.2) is 4.90 Å². The van der Waals surface area contributed by atoms with Gasteiger partial charge in [-0.3, -0.25) is 9.59 Å².